The fourth-order valence-corrected chi connectivity index (χ4v) is 4.22. The van der Waals surface area contributed by atoms with Crippen LogP contribution in [0.25, 0.3) is 0 Å². The number of unbranched alkanes of at least 4 members (excludes halogenated alkanes) is 1. The molecule has 200 valence electrons. The van der Waals surface area contributed by atoms with Gasteiger partial charge in [-0.2, -0.15) is 5.26 Å². The van der Waals surface area contributed by atoms with Gasteiger partial charge < -0.3 is 29.4 Å². The minimum Gasteiger partial charge on any atom is -0.493 e. The summed E-state index contributed by atoms with van der Waals surface area (Å²) in [5.74, 6) is 1.03. The Hall–Kier alpha value is -4.90. The van der Waals surface area contributed by atoms with Gasteiger partial charge in [0.2, 0.25) is 5.88 Å². The third-order valence-electron chi connectivity index (χ3n) is 6.14. The molecule has 0 radical (unpaired) electrons. The molecular formula is C31H30N2O6. The molecule has 2 N–H and O–H groups in total. The number of ether oxygens (including phenoxy) is 5. The van der Waals surface area contributed by atoms with E-state index < -0.39 is 11.9 Å². The van der Waals surface area contributed by atoms with Crippen LogP contribution in [0.3, 0.4) is 0 Å². The second kappa shape index (κ2) is 12.6. The van der Waals surface area contributed by atoms with Crippen LogP contribution >= 0.6 is 0 Å². The van der Waals surface area contributed by atoms with Crippen LogP contribution in [0.4, 0.5) is 0 Å². The first-order valence-electron chi connectivity index (χ1n) is 12.6. The minimum atomic E-state index is -0.560. The summed E-state index contributed by atoms with van der Waals surface area (Å²) in [5, 5.41) is 9.90. The molecule has 1 atom stereocenters. The zero-order valence-electron chi connectivity index (χ0n) is 21.9. The molecule has 0 saturated carbocycles. The monoisotopic (exact) mass is 526 g/mol. The van der Waals surface area contributed by atoms with Gasteiger partial charge in [0.25, 0.3) is 0 Å². The maximum absolute atomic E-state index is 13.0. The van der Waals surface area contributed by atoms with E-state index >= 15 is 0 Å². The van der Waals surface area contributed by atoms with E-state index in [1.165, 1.54) is 0 Å². The van der Waals surface area contributed by atoms with Crippen LogP contribution in [0.2, 0.25) is 0 Å². The summed E-state index contributed by atoms with van der Waals surface area (Å²) in [6.07, 6.45) is 3.50. The molecule has 39 heavy (non-hydrogen) atoms. The number of nitrogens with zero attached hydrogens (tertiary/aromatic N) is 1. The van der Waals surface area contributed by atoms with Crippen molar-refractivity contribution in [3.8, 4) is 34.8 Å². The number of methoxy groups -OCH3 is 1. The SMILES string of the molecule is C=CCOc1ccc(C2C(C#N)=C(N)Oc3cc(OC(=O)c4ccccc4OCCCC)ccc32)cc1OC. The van der Waals surface area contributed by atoms with Crippen LogP contribution in [0.15, 0.2) is 84.8 Å². The standard InChI is InChI=1S/C31H30N2O6/c1-4-6-16-37-25-10-8-7-9-23(25)31(34)38-21-12-13-22-27(18-21)39-30(33)24(19-32)29(22)20-11-14-26(36-15-5-2)28(17-20)35-3/h5,7-14,17-18,29H,2,4,6,15-16,33H2,1,3H3. The number of benzene rings is 3. The molecule has 3 aromatic carbocycles. The lowest BCUT2D eigenvalue weighted by atomic mass is 9.83. The Labute approximate surface area is 227 Å². The third-order valence-corrected chi connectivity index (χ3v) is 6.14. The summed E-state index contributed by atoms with van der Waals surface area (Å²) >= 11 is 0. The Balaban J connectivity index is 1.64. The summed E-state index contributed by atoms with van der Waals surface area (Å²) in [6, 6.07) is 19.5. The second-order valence-corrected chi connectivity index (χ2v) is 8.72. The Morgan fingerprint density at radius 1 is 1.10 bits per heavy atom. The molecule has 1 heterocycles. The van der Waals surface area contributed by atoms with Gasteiger partial charge in [0.05, 0.1) is 19.6 Å². The maximum Gasteiger partial charge on any atom is 0.347 e. The van der Waals surface area contributed by atoms with Crippen molar-refractivity contribution in [3.63, 3.8) is 0 Å². The molecule has 1 aliphatic heterocycles. The fourth-order valence-electron chi connectivity index (χ4n) is 4.22. The maximum atomic E-state index is 13.0. The average Bonchev–Trinajstić information content (AvgIpc) is 2.95. The van der Waals surface area contributed by atoms with Gasteiger partial charge >= 0.3 is 5.97 Å². The highest BCUT2D eigenvalue weighted by Gasteiger charge is 2.32. The molecule has 8 nitrogen and oxygen atoms in total. The number of carbonyl (C=O) groups excluding carboxylic acids is 1. The lowest BCUT2D eigenvalue weighted by molar-refractivity contribution is 0.0730. The highest BCUT2D eigenvalue weighted by molar-refractivity contribution is 5.94. The molecule has 0 bridgehead atoms. The van der Waals surface area contributed by atoms with Crippen molar-refractivity contribution >= 4 is 5.97 Å². The van der Waals surface area contributed by atoms with E-state index in [-0.39, 0.29) is 17.2 Å². The number of allylic oxidation sites excluding steroid dienone is 1. The lowest BCUT2D eigenvalue weighted by Gasteiger charge is -2.27. The van der Waals surface area contributed by atoms with Gasteiger partial charge in [0.15, 0.2) is 11.5 Å². The molecule has 0 aromatic heterocycles. The third kappa shape index (κ3) is 5.99. The predicted molar refractivity (Wildman–Crippen MR) is 146 cm³/mol. The molecule has 0 spiro atoms. The molecule has 0 fully saturated rings. The highest BCUT2D eigenvalue weighted by atomic mass is 16.5. The van der Waals surface area contributed by atoms with Crippen molar-refractivity contribution in [3.05, 3.63) is 101 Å². The van der Waals surface area contributed by atoms with E-state index in [1.54, 1.807) is 67.8 Å². The zero-order chi connectivity index (χ0) is 27.8. The largest absolute Gasteiger partial charge is 0.493 e. The van der Waals surface area contributed by atoms with Crippen molar-refractivity contribution in [2.75, 3.05) is 20.3 Å². The number of hydrogen-bond donors (Lipinski definition) is 1. The Morgan fingerprint density at radius 3 is 2.67 bits per heavy atom. The molecule has 8 heteroatoms. The Kier molecular flexibility index (Phi) is 8.75. The van der Waals surface area contributed by atoms with Crippen molar-refractivity contribution in [2.45, 2.75) is 25.7 Å². The van der Waals surface area contributed by atoms with Crippen LogP contribution in [0, 0.1) is 11.3 Å². The Morgan fingerprint density at radius 2 is 1.92 bits per heavy atom. The summed E-state index contributed by atoms with van der Waals surface area (Å²) in [6.45, 7) is 6.56. The van der Waals surface area contributed by atoms with E-state index in [0.29, 0.717) is 47.3 Å². The van der Waals surface area contributed by atoms with Crippen LogP contribution in [0.5, 0.6) is 28.7 Å². The number of rotatable bonds is 11. The lowest BCUT2D eigenvalue weighted by Crippen LogP contribution is -2.21. The van der Waals surface area contributed by atoms with E-state index in [0.717, 1.165) is 18.4 Å². The van der Waals surface area contributed by atoms with Gasteiger partial charge in [-0.1, -0.05) is 50.3 Å². The van der Waals surface area contributed by atoms with E-state index in [9.17, 15) is 10.1 Å². The number of nitrogens with two attached hydrogens (primary N) is 1. The highest BCUT2D eigenvalue weighted by Crippen LogP contribution is 2.45. The number of nitriles is 1. The van der Waals surface area contributed by atoms with Crippen molar-refractivity contribution in [1.29, 1.82) is 5.26 Å². The van der Waals surface area contributed by atoms with Gasteiger partial charge in [-0.3, -0.25) is 0 Å². The average molecular weight is 527 g/mol. The van der Waals surface area contributed by atoms with Gasteiger partial charge in [0, 0.05) is 11.6 Å². The molecule has 0 amide bonds. The minimum absolute atomic E-state index is 0.0286. The molecule has 0 saturated heterocycles. The quantitative estimate of drug-likeness (QED) is 0.143. The topological polar surface area (TPSA) is 113 Å². The molecule has 3 aromatic rings. The summed E-state index contributed by atoms with van der Waals surface area (Å²) in [5.41, 5.74) is 8.18. The first-order valence-corrected chi connectivity index (χ1v) is 12.6. The number of carbonyl (C=O) groups is 1. The van der Waals surface area contributed by atoms with Crippen LogP contribution < -0.4 is 29.4 Å². The van der Waals surface area contributed by atoms with Crippen molar-refractivity contribution in [2.24, 2.45) is 5.73 Å². The Bertz CT molecular complexity index is 1440. The summed E-state index contributed by atoms with van der Waals surface area (Å²) in [4.78, 5) is 13.0. The molecule has 1 aliphatic rings. The number of fused-ring (bicyclic) bond motifs is 1. The van der Waals surface area contributed by atoms with Crippen LogP contribution in [-0.4, -0.2) is 26.3 Å². The summed E-state index contributed by atoms with van der Waals surface area (Å²) < 4.78 is 28.4. The smallest absolute Gasteiger partial charge is 0.347 e. The van der Waals surface area contributed by atoms with Gasteiger partial charge in [-0.15, -0.1) is 0 Å². The number of hydrogen-bond acceptors (Lipinski definition) is 8. The van der Waals surface area contributed by atoms with Gasteiger partial charge in [0.1, 0.15) is 41.1 Å². The van der Waals surface area contributed by atoms with Crippen molar-refractivity contribution < 1.29 is 28.5 Å². The number of para-hydroxylation sites is 1. The first-order chi connectivity index (χ1) is 19.0. The fraction of sp³-hybridized carbons (Fsp3) is 0.226. The zero-order valence-corrected chi connectivity index (χ0v) is 21.9. The van der Waals surface area contributed by atoms with Crippen LogP contribution in [0.1, 0.15) is 47.2 Å². The molecule has 1 unspecified atom stereocenters. The normalized spacial score (nSPS) is 13.9. The summed E-state index contributed by atoms with van der Waals surface area (Å²) in [7, 11) is 1.54. The molecular weight excluding hydrogens is 496 g/mol. The van der Waals surface area contributed by atoms with E-state index in [2.05, 4.69) is 19.6 Å². The molecule has 4 rings (SSSR count). The number of esters is 1. The van der Waals surface area contributed by atoms with E-state index in [1.807, 2.05) is 6.07 Å². The van der Waals surface area contributed by atoms with Crippen LogP contribution in [-0.2, 0) is 0 Å². The van der Waals surface area contributed by atoms with E-state index in [4.69, 9.17) is 29.4 Å². The van der Waals surface area contributed by atoms with Crippen molar-refractivity contribution in [1.82, 2.24) is 0 Å². The predicted octanol–water partition coefficient (Wildman–Crippen LogP) is 5.88. The first kappa shape index (κ1) is 27.1. The second-order valence-electron chi connectivity index (χ2n) is 8.72. The van der Waals surface area contributed by atoms with Gasteiger partial charge in [-0.05, 0) is 42.3 Å². The molecule has 0 aliphatic carbocycles. The van der Waals surface area contributed by atoms with Gasteiger partial charge in [-0.25, -0.2) is 4.79 Å².